The highest BCUT2D eigenvalue weighted by atomic mass is 16.4. The number of rotatable bonds is 4. The summed E-state index contributed by atoms with van der Waals surface area (Å²) in [5.41, 5.74) is 0. The van der Waals surface area contributed by atoms with E-state index >= 15 is 0 Å². The second kappa shape index (κ2) is 4.31. The number of nitrogens with one attached hydrogen (secondary N) is 1. The van der Waals surface area contributed by atoms with Crippen molar-refractivity contribution in [3.8, 4) is 0 Å². The minimum Gasteiger partial charge on any atom is -0.463 e. The number of aliphatic hydroxyl groups is 1. The summed E-state index contributed by atoms with van der Waals surface area (Å²) in [7, 11) is 0. The first-order chi connectivity index (χ1) is 7.29. The molecule has 80 valence electrons. The minimum absolute atomic E-state index is 0.448. The van der Waals surface area contributed by atoms with Crippen molar-refractivity contribution in [1.82, 2.24) is 9.97 Å². The highest BCUT2D eigenvalue weighted by Gasteiger charge is 2.13. The van der Waals surface area contributed by atoms with E-state index in [-0.39, 0.29) is 0 Å². The number of aryl methyl sites for hydroxylation is 1. The third-order valence-corrected chi connectivity index (χ3v) is 2.30. The van der Waals surface area contributed by atoms with Crippen LogP contribution in [0.25, 0.3) is 0 Å². The van der Waals surface area contributed by atoms with Crippen LogP contribution in [-0.2, 0) is 12.8 Å². The van der Waals surface area contributed by atoms with Gasteiger partial charge in [-0.3, -0.25) is 0 Å². The zero-order valence-electron chi connectivity index (χ0n) is 8.60. The van der Waals surface area contributed by atoms with Crippen LogP contribution in [-0.4, -0.2) is 15.1 Å². The number of furan rings is 1. The Kier molecular flexibility index (Phi) is 2.87. The fourth-order valence-corrected chi connectivity index (χ4v) is 1.46. The fraction of sp³-hybridized carbons (Fsp3) is 0.364. The fourth-order valence-electron chi connectivity index (χ4n) is 1.46. The molecule has 4 heteroatoms. The monoisotopic (exact) mass is 206 g/mol. The van der Waals surface area contributed by atoms with Gasteiger partial charge in [-0.2, -0.15) is 0 Å². The van der Waals surface area contributed by atoms with Crippen molar-refractivity contribution in [2.75, 3.05) is 0 Å². The topological polar surface area (TPSA) is 62.1 Å². The minimum atomic E-state index is -0.628. The van der Waals surface area contributed by atoms with Gasteiger partial charge in [-0.25, -0.2) is 4.98 Å². The van der Waals surface area contributed by atoms with Gasteiger partial charge in [-0.05, 0) is 12.1 Å². The van der Waals surface area contributed by atoms with Crippen molar-refractivity contribution < 1.29 is 9.52 Å². The van der Waals surface area contributed by atoms with Crippen molar-refractivity contribution in [3.05, 3.63) is 41.9 Å². The zero-order valence-corrected chi connectivity index (χ0v) is 8.60. The molecule has 2 aromatic rings. The standard InChI is InChI=1S/C11H14N2O2/c1-2-8-3-4-10(15-8)9(14)7-11-12-5-6-13-11/h3-6,9,14H,2,7H2,1H3,(H,12,13). The molecule has 4 nitrogen and oxygen atoms in total. The maximum atomic E-state index is 9.85. The molecule has 0 aromatic carbocycles. The van der Waals surface area contributed by atoms with Crippen molar-refractivity contribution in [1.29, 1.82) is 0 Å². The highest BCUT2D eigenvalue weighted by Crippen LogP contribution is 2.19. The van der Waals surface area contributed by atoms with Crippen LogP contribution < -0.4 is 0 Å². The summed E-state index contributed by atoms with van der Waals surface area (Å²) in [4.78, 5) is 7.00. The average molecular weight is 206 g/mol. The summed E-state index contributed by atoms with van der Waals surface area (Å²) in [6, 6.07) is 3.70. The second-order valence-corrected chi connectivity index (χ2v) is 3.41. The number of hydrogen-bond donors (Lipinski definition) is 2. The van der Waals surface area contributed by atoms with E-state index in [1.165, 1.54) is 0 Å². The van der Waals surface area contributed by atoms with Gasteiger partial charge in [0.1, 0.15) is 23.4 Å². The van der Waals surface area contributed by atoms with Crippen molar-refractivity contribution >= 4 is 0 Å². The molecule has 0 aliphatic carbocycles. The second-order valence-electron chi connectivity index (χ2n) is 3.41. The van der Waals surface area contributed by atoms with Gasteiger partial charge in [0, 0.05) is 25.2 Å². The molecular weight excluding hydrogens is 192 g/mol. The molecule has 15 heavy (non-hydrogen) atoms. The number of aromatic nitrogens is 2. The Morgan fingerprint density at radius 1 is 1.53 bits per heavy atom. The van der Waals surface area contributed by atoms with Crippen LogP contribution in [0.2, 0.25) is 0 Å². The molecule has 1 unspecified atom stereocenters. The van der Waals surface area contributed by atoms with E-state index < -0.39 is 6.10 Å². The molecule has 0 amide bonds. The van der Waals surface area contributed by atoms with E-state index in [4.69, 9.17) is 4.42 Å². The Labute approximate surface area is 88.0 Å². The Morgan fingerprint density at radius 3 is 3.00 bits per heavy atom. The number of aromatic amines is 1. The summed E-state index contributed by atoms with van der Waals surface area (Å²) < 4.78 is 5.45. The van der Waals surface area contributed by atoms with Crippen molar-refractivity contribution in [2.45, 2.75) is 25.9 Å². The molecule has 0 saturated carbocycles. The van der Waals surface area contributed by atoms with Crippen LogP contribution in [0.5, 0.6) is 0 Å². The molecular formula is C11H14N2O2. The largest absolute Gasteiger partial charge is 0.463 e. The van der Waals surface area contributed by atoms with Crippen LogP contribution >= 0.6 is 0 Å². The Hall–Kier alpha value is -1.55. The lowest BCUT2D eigenvalue weighted by Crippen LogP contribution is -2.01. The molecule has 0 saturated heterocycles. The van der Waals surface area contributed by atoms with Gasteiger partial charge in [0.2, 0.25) is 0 Å². The lowest BCUT2D eigenvalue weighted by atomic mass is 10.2. The van der Waals surface area contributed by atoms with Gasteiger partial charge in [-0.15, -0.1) is 0 Å². The molecule has 0 fully saturated rings. The van der Waals surface area contributed by atoms with Crippen LogP contribution in [0.4, 0.5) is 0 Å². The van der Waals surface area contributed by atoms with E-state index in [1.54, 1.807) is 12.4 Å². The zero-order chi connectivity index (χ0) is 10.7. The molecule has 1 atom stereocenters. The van der Waals surface area contributed by atoms with Crippen LogP contribution in [0.1, 0.15) is 30.4 Å². The van der Waals surface area contributed by atoms with E-state index in [1.807, 2.05) is 19.1 Å². The summed E-state index contributed by atoms with van der Waals surface area (Å²) in [5, 5.41) is 9.85. The maximum absolute atomic E-state index is 9.85. The van der Waals surface area contributed by atoms with Gasteiger partial charge in [0.05, 0.1) is 0 Å². The predicted molar refractivity (Wildman–Crippen MR) is 55.3 cm³/mol. The number of aliphatic hydroxyl groups excluding tert-OH is 1. The predicted octanol–water partition coefficient (Wildman–Crippen LogP) is 1.84. The smallest absolute Gasteiger partial charge is 0.133 e. The van der Waals surface area contributed by atoms with Gasteiger partial charge in [0.15, 0.2) is 0 Å². The summed E-state index contributed by atoms with van der Waals surface area (Å²) in [5.74, 6) is 2.25. The number of nitrogens with zero attached hydrogens (tertiary/aromatic N) is 1. The molecule has 0 aliphatic rings. The number of imidazole rings is 1. The summed E-state index contributed by atoms with van der Waals surface area (Å²) in [6.07, 6.45) is 4.07. The average Bonchev–Trinajstić information content (AvgIpc) is 2.86. The molecule has 0 radical (unpaired) electrons. The third-order valence-electron chi connectivity index (χ3n) is 2.30. The third kappa shape index (κ3) is 2.27. The maximum Gasteiger partial charge on any atom is 0.133 e. The molecule has 2 heterocycles. The van der Waals surface area contributed by atoms with E-state index in [9.17, 15) is 5.11 Å². The Balaban J connectivity index is 2.04. The first-order valence-corrected chi connectivity index (χ1v) is 5.04. The van der Waals surface area contributed by atoms with Gasteiger partial charge >= 0.3 is 0 Å². The SMILES string of the molecule is CCc1ccc(C(O)Cc2ncc[nH]2)o1. The van der Waals surface area contributed by atoms with Gasteiger partial charge < -0.3 is 14.5 Å². The van der Waals surface area contributed by atoms with E-state index in [0.29, 0.717) is 12.2 Å². The Bertz CT molecular complexity index is 406. The van der Waals surface area contributed by atoms with Crippen molar-refractivity contribution in [3.63, 3.8) is 0 Å². The summed E-state index contributed by atoms with van der Waals surface area (Å²) >= 11 is 0. The molecule has 0 spiro atoms. The molecule has 2 aromatic heterocycles. The highest BCUT2D eigenvalue weighted by molar-refractivity contribution is 5.10. The lowest BCUT2D eigenvalue weighted by Gasteiger charge is -2.04. The molecule has 0 aliphatic heterocycles. The van der Waals surface area contributed by atoms with Crippen LogP contribution in [0.3, 0.4) is 0 Å². The quantitative estimate of drug-likeness (QED) is 0.802. The van der Waals surface area contributed by atoms with Gasteiger partial charge in [0.25, 0.3) is 0 Å². The lowest BCUT2D eigenvalue weighted by molar-refractivity contribution is 0.146. The first-order valence-electron chi connectivity index (χ1n) is 5.04. The van der Waals surface area contributed by atoms with Gasteiger partial charge in [-0.1, -0.05) is 6.92 Å². The molecule has 0 bridgehead atoms. The summed E-state index contributed by atoms with van der Waals surface area (Å²) in [6.45, 7) is 2.02. The number of hydrogen-bond acceptors (Lipinski definition) is 3. The van der Waals surface area contributed by atoms with E-state index in [2.05, 4.69) is 9.97 Å². The van der Waals surface area contributed by atoms with Crippen LogP contribution in [0.15, 0.2) is 28.9 Å². The number of H-pyrrole nitrogens is 1. The normalized spacial score (nSPS) is 12.9. The first kappa shape index (κ1) is 9.98. The van der Waals surface area contributed by atoms with Crippen molar-refractivity contribution in [2.24, 2.45) is 0 Å². The molecule has 2 rings (SSSR count). The Morgan fingerprint density at radius 2 is 2.40 bits per heavy atom. The molecule has 2 N–H and O–H groups in total. The van der Waals surface area contributed by atoms with Crippen LogP contribution in [0, 0.1) is 0 Å². The van der Waals surface area contributed by atoms with E-state index in [0.717, 1.165) is 18.0 Å².